The number of amides is 1. The van der Waals surface area contributed by atoms with Crippen LogP contribution in [0, 0.1) is 5.92 Å². The van der Waals surface area contributed by atoms with Gasteiger partial charge >= 0.3 is 0 Å². The van der Waals surface area contributed by atoms with E-state index in [0.29, 0.717) is 16.9 Å². The van der Waals surface area contributed by atoms with Crippen molar-refractivity contribution >= 4 is 27.5 Å². The molecule has 0 aromatic carbocycles. The smallest absolute Gasteiger partial charge is 0.274 e. The fourth-order valence-corrected chi connectivity index (χ4v) is 2.28. The normalized spacial score (nSPS) is 10.7. The van der Waals surface area contributed by atoms with Gasteiger partial charge in [0.25, 0.3) is 5.56 Å². The molecule has 0 radical (unpaired) electrons. The third-order valence-corrected chi connectivity index (χ3v) is 3.57. The van der Waals surface area contributed by atoms with Gasteiger partial charge in [-0.05, 0) is 27.9 Å². The minimum Gasteiger partial charge on any atom is -0.394 e. The molecule has 1 aromatic rings. The molecule has 0 fully saturated rings. The second kappa shape index (κ2) is 7.33. The van der Waals surface area contributed by atoms with Crippen LogP contribution in [0.3, 0.4) is 0 Å². The summed E-state index contributed by atoms with van der Waals surface area (Å²) in [6.45, 7) is 4.83. The molecule has 0 aliphatic heterocycles. The predicted octanol–water partition coefficient (Wildman–Crippen LogP) is 1.75. The van der Waals surface area contributed by atoms with Gasteiger partial charge in [0.1, 0.15) is 6.54 Å². The Morgan fingerprint density at radius 3 is 2.68 bits per heavy atom. The zero-order chi connectivity index (χ0) is 14.4. The van der Waals surface area contributed by atoms with E-state index in [9.17, 15) is 9.59 Å². The number of nitrogens with zero attached hydrogens (tertiary/aromatic N) is 1. The number of carbonyl (C=O) groups is 1. The number of pyridine rings is 1. The number of aromatic nitrogens is 1. The second-order valence-corrected chi connectivity index (χ2v) is 5.45. The monoisotopic (exact) mass is 329 g/mol. The molecule has 0 aliphatic rings. The summed E-state index contributed by atoms with van der Waals surface area (Å²) in [5.74, 6) is 0.305. The summed E-state index contributed by atoms with van der Waals surface area (Å²) in [5.41, 5.74) is 5.35. The van der Waals surface area contributed by atoms with E-state index in [1.165, 1.54) is 10.6 Å². The number of hydrogen-bond donors (Lipinski definition) is 2. The number of nitrogens with one attached hydrogen (secondary N) is 1. The van der Waals surface area contributed by atoms with Crippen molar-refractivity contribution in [2.24, 2.45) is 5.92 Å². The Morgan fingerprint density at radius 2 is 2.11 bits per heavy atom. The SMILES string of the molecule is CCC(CC)CNC(=O)Cn1cc(Br)cc(N)c1=O. The van der Waals surface area contributed by atoms with Gasteiger partial charge < -0.3 is 15.6 Å². The third kappa shape index (κ3) is 4.70. The molecule has 0 unspecified atom stereocenters. The van der Waals surface area contributed by atoms with Crippen LogP contribution < -0.4 is 16.6 Å². The van der Waals surface area contributed by atoms with Gasteiger partial charge in [0.15, 0.2) is 0 Å². The number of carbonyl (C=O) groups excluding carboxylic acids is 1. The van der Waals surface area contributed by atoms with Gasteiger partial charge in [0.05, 0.1) is 5.69 Å². The molecule has 0 saturated carbocycles. The summed E-state index contributed by atoms with van der Waals surface area (Å²) >= 11 is 3.25. The number of hydrogen-bond acceptors (Lipinski definition) is 3. The topological polar surface area (TPSA) is 77.1 Å². The first-order valence-electron chi connectivity index (χ1n) is 6.40. The predicted molar refractivity (Wildman–Crippen MR) is 79.9 cm³/mol. The summed E-state index contributed by atoms with van der Waals surface area (Å²) in [4.78, 5) is 23.5. The molecule has 0 atom stereocenters. The molecular weight excluding hydrogens is 310 g/mol. The molecule has 0 spiro atoms. The fourth-order valence-electron chi connectivity index (χ4n) is 1.78. The van der Waals surface area contributed by atoms with E-state index in [4.69, 9.17) is 5.73 Å². The second-order valence-electron chi connectivity index (χ2n) is 4.53. The standard InChI is InChI=1S/C13H20BrN3O2/c1-3-9(4-2)6-16-12(18)8-17-7-10(14)5-11(15)13(17)19/h5,7,9H,3-4,6,8,15H2,1-2H3,(H,16,18). The van der Waals surface area contributed by atoms with Crippen molar-refractivity contribution in [1.29, 1.82) is 0 Å². The summed E-state index contributed by atoms with van der Waals surface area (Å²) in [7, 11) is 0. The van der Waals surface area contributed by atoms with Crippen LogP contribution in [0.25, 0.3) is 0 Å². The average Bonchev–Trinajstić information content (AvgIpc) is 2.36. The zero-order valence-electron chi connectivity index (χ0n) is 11.3. The van der Waals surface area contributed by atoms with Crippen LogP contribution in [0.15, 0.2) is 21.5 Å². The highest BCUT2D eigenvalue weighted by atomic mass is 79.9. The lowest BCUT2D eigenvalue weighted by Gasteiger charge is -2.14. The van der Waals surface area contributed by atoms with Gasteiger partial charge in [-0.2, -0.15) is 0 Å². The maximum absolute atomic E-state index is 11.8. The summed E-state index contributed by atoms with van der Waals surface area (Å²) in [6, 6.07) is 1.53. The Labute approximate surface area is 121 Å². The Bertz CT molecular complexity index is 495. The van der Waals surface area contributed by atoms with Crippen molar-refractivity contribution < 1.29 is 4.79 Å². The van der Waals surface area contributed by atoms with Crippen molar-refractivity contribution in [2.45, 2.75) is 33.2 Å². The lowest BCUT2D eigenvalue weighted by atomic mass is 10.0. The van der Waals surface area contributed by atoms with Crippen LogP contribution in [-0.4, -0.2) is 17.0 Å². The van der Waals surface area contributed by atoms with Gasteiger partial charge in [-0.15, -0.1) is 0 Å². The highest BCUT2D eigenvalue weighted by Crippen LogP contribution is 2.09. The third-order valence-electron chi connectivity index (χ3n) is 3.14. The van der Waals surface area contributed by atoms with Crippen LogP contribution in [0.1, 0.15) is 26.7 Å². The Balaban J connectivity index is 2.65. The Kier molecular flexibility index (Phi) is 6.08. The average molecular weight is 330 g/mol. The van der Waals surface area contributed by atoms with E-state index < -0.39 is 0 Å². The van der Waals surface area contributed by atoms with Crippen LogP contribution >= 0.6 is 15.9 Å². The van der Waals surface area contributed by atoms with Crippen molar-refractivity contribution in [2.75, 3.05) is 12.3 Å². The van der Waals surface area contributed by atoms with Crippen molar-refractivity contribution in [3.05, 3.63) is 27.1 Å². The number of rotatable bonds is 6. The molecule has 6 heteroatoms. The molecule has 0 aliphatic carbocycles. The van der Waals surface area contributed by atoms with Gasteiger partial charge in [-0.1, -0.05) is 26.7 Å². The highest BCUT2D eigenvalue weighted by Gasteiger charge is 2.09. The number of anilines is 1. The molecule has 5 nitrogen and oxygen atoms in total. The lowest BCUT2D eigenvalue weighted by molar-refractivity contribution is -0.121. The van der Waals surface area contributed by atoms with Crippen molar-refractivity contribution in [3.63, 3.8) is 0 Å². The summed E-state index contributed by atoms with van der Waals surface area (Å²) < 4.78 is 1.99. The Morgan fingerprint density at radius 1 is 1.47 bits per heavy atom. The molecule has 1 amide bonds. The van der Waals surface area contributed by atoms with Crippen molar-refractivity contribution in [1.82, 2.24) is 9.88 Å². The van der Waals surface area contributed by atoms with E-state index in [2.05, 4.69) is 35.1 Å². The number of nitrogen functional groups attached to an aromatic ring is 1. The molecular formula is C13H20BrN3O2. The number of halogens is 1. The van der Waals surface area contributed by atoms with Crippen LogP contribution in [0.5, 0.6) is 0 Å². The number of nitrogens with two attached hydrogens (primary N) is 1. The molecule has 106 valence electrons. The van der Waals surface area contributed by atoms with E-state index in [1.807, 2.05) is 0 Å². The first-order valence-corrected chi connectivity index (χ1v) is 7.19. The first kappa shape index (κ1) is 15.8. The lowest BCUT2D eigenvalue weighted by Crippen LogP contribution is -2.35. The molecule has 0 bridgehead atoms. The summed E-state index contributed by atoms with van der Waals surface area (Å²) in [6.07, 6.45) is 3.62. The minimum absolute atomic E-state index is 0.0113. The van der Waals surface area contributed by atoms with E-state index >= 15 is 0 Å². The van der Waals surface area contributed by atoms with Gasteiger partial charge in [-0.3, -0.25) is 9.59 Å². The molecule has 3 N–H and O–H groups in total. The fraction of sp³-hybridized carbons (Fsp3) is 0.538. The first-order chi connectivity index (χ1) is 8.97. The summed E-state index contributed by atoms with van der Waals surface area (Å²) in [5, 5.41) is 2.84. The Hall–Kier alpha value is -1.30. The molecule has 19 heavy (non-hydrogen) atoms. The maximum Gasteiger partial charge on any atom is 0.274 e. The largest absolute Gasteiger partial charge is 0.394 e. The molecule has 0 saturated heterocycles. The van der Waals surface area contributed by atoms with Gasteiger partial charge in [0, 0.05) is 17.2 Å². The van der Waals surface area contributed by atoms with Crippen LogP contribution in [0.2, 0.25) is 0 Å². The minimum atomic E-state index is -0.346. The van der Waals surface area contributed by atoms with E-state index in [-0.39, 0.29) is 23.7 Å². The van der Waals surface area contributed by atoms with Gasteiger partial charge in [-0.25, -0.2) is 0 Å². The quantitative estimate of drug-likeness (QED) is 0.834. The van der Waals surface area contributed by atoms with Gasteiger partial charge in [0.2, 0.25) is 5.91 Å². The van der Waals surface area contributed by atoms with Crippen LogP contribution in [0.4, 0.5) is 5.69 Å². The molecule has 1 heterocycles. The molecule has 1 aromatic heterocycles. The van der Waals surface area contributed by atoms with E-state index in [0.717, 1.165) is 12.8 Å². The van der Waals surface area contributed by atoms with Crippen molar-refractivity contribution in [3.8, 4) is 0 Å². The van der Waals surface area contributed by atoms with E-state index in [1.54, 1.807) is 6.20 Å². The maximum atomic E-state index is 11.8. The van der Waals surface area contributed by atoms with Crippen LogP contribution in [-0.2, 0) is 11.3 Å². The zero-order valence-corrected chi connectivity index (χ0v) is 12.9. The molecule has 1 rings (SSSR count). The highest BCUT2D eigenvalue weighted by molar-refractivity contribution is 9.10.